The number of rotatable bonds is 8. The molecule has 0 saturated heterocycles. The first-order valence-corrected chi connectivity index (χ1v) is 8.51. The molecule has 0 aromatic heterocycles. The van der Waals surface area contributed by atoms with Crippen LogP contribution in [0, 0.1) is 13.8 Å². The number of aliphatic hydroxyl groups is 2. The Labute approximate surface area is 157 Å². The lowest BCUT2D eigenvalue weighted by molar-refractivity contribution is -0.143. The lowest BCUT2D eigenvalue weighted by atomic mass is 9.97. The Balaban J connectivity index is 2.12. The summed E-state index contributed by atoms with van der Waals surface area (Å²) < 4.78 is 5.11. The van der Waals surface area contributed by atoms with Gasteiger partial charge in [0.2, 0.25) is 5.78 Å². The number of ketones is 1. The largest absolute Gasteiger partial charge is 0.450 e. The maximum atomic E-state index is 12.5. The third-order valence-electron chi connectivity index (χ3n) is 4.17. The molecule has 6 heteroatoms. The second kappa shape index (κ2) is 9.21. The number of benzene rings is 2. The minimum atomic E-state index is -1.83. The lowest BCUT2D eigenvalue weighted by Gasteiger charge is -2.22. The Hall–Kier alpha value is -2.83. The molecule has 0 amide bonds. The number of carbonyl (C=O) groups excluding carboxylic acids is 3. The molecule has 2 rings (SSSR count). The van der Waals surface area contributed by atoms with Gasteiger partial charge in [-0.05, 0) is 31.5 Å². The van der Waals surface area contributed by atoms with Gasteiger partial charge >= 0.3 is 5.97 Å². The summed E-state index contributed by atoms with van der Waals surface area (Å²) in [5, 5.41) is 20.5. The Kier molecular flexibility index (Phi) is 6.98. The van der Waals surface area contributed by atoms with E-state index in [1.54, 1.807) is 36.4 Å². The summed E-state index contributed by atoms with van der Waals surface area (Å²) in [4.78, 5) is 35.6. The molecule has 0 aliphatic rings. The van der Waals surface area contributed by atoms with Crippen molar-refractivity contribution >= 4 is 18.0 Å². The molecule has 0 radical (unpaired) electrons. The molecule has 27 heavy (non-hydrogen) atoms. The fraction of sp³-hybridized carbons (Fsp3) is 0.286. The normalized spacial score (nSPS) is 14.1. The number of aliphatic hydroxyl groups excluding tert-OH is 2. The van der Waals surface area contributed by atoms with Gasteiger partial charge in [-0.15, -0.1) is 0 Å². The Morgan fingerprint density at radius 3 is 2.00 bits per heavy atom. The fourth-order valence-electron chi connectivity index (χ4n) is 2.49. The monoisotopic (exact) mass is 370 g/mol. The van der Waals surface area contributed by atoms with Crippen molar-refractivity contribution in [2.75, 3.05) is 0 Å². The van der Waals surface area contributed by atoms with Crippen molar-refractivity contribution in [1.29, 1.82) is 0 Å². The number of aryl methyl sites for hydroxylation is 2. The van der Waals surface area contributed by atoms with Crippen molar-refractivity contribution < 1.29 is 29.3 Å². The van der Waals surface area contributed by atoms with E-state index in [9.17, 15) is 24.6 Å². The number of ether oxygens (including phenoxy) is 1. The van der Waals surface area contributed by atoms with Gasteiger partial charge in [0, 0.05) is 6.42 Å². The summed E-state index contributed by atoms with van der Waals surface area (Å²) >= 11 is 0. The third-order valence-corrected chi connectivity index (χ3v) is 4.17. The van der Waals surface area contributed by atoms with Gasteiger partial charge in [-0.1, -0.05) is 47.5 Å². The van der Waals surface area contributed by atoms with E-state index in [-0.39, 0.29) is 5.56 Å². The predicted octanol–water partition coefficient (Wildman–Crippen LogP) is 2.08. The van der Waals surface area contributed by atoms with Crippen LogP contribution in [0.3, 0.4) is 0 Å². The number of carbonyl (C=O) groups is 3. The van der Waals surface area contributed by atoms with E-state index < -0.39 is 36.5 Å². The van der Waals surface area contributed by atoms with Crippen LogP contribution in [0.5, 0.6) is 0 Å². The van der Waals surface area contributed by atoms with E-state index in [1.807, 2.05) is 13.8 Å². The number of Topliss-reactive ketones (excluding diaryl/α,β-unsaturated/α-hetero) is 1. The zero-order chi connectivity index (χ0) is 20.0. The van der Waals surface area contributed by atoms with Crippen molar-refractivity contribution in [1.82, 2.24) is 0 Å². The van der Waals surface area contributed by atoms with E-state index in [4.69, 9.17) is 4.74 Å². The van der Waals surface area contributed by atoms with Crippen molar-refractivity contribution in [3.05, 3.63) is 70.8 Å². The van der Waals surface area contributed by atoms with Gasteiger partial charge in [0.05, 0.1) is 5.56 Å². The summed E-state index contributed by atoms with van der Waals surface area (Å²) in [6.07, 6.45) is -4.79. The van der Waals surface area contributed by atoms with E-state index >= 15 is 0 Å². The van der Waals surface area contributed by atoms with E-state index in [1.165, 1.54) is 12.1 Å². The summed E-state index contributed by atoms with van der Waals surface area (Å²) in [5.74, 6) is -1.72. The first-order chi connectivity index (χ1) is 12.8. The van der Waals surface area contributed by atoms with Crippen LogP contribution in [0.25, 0.3) is 0 Å². The number of esters is 1. The Morgan fingerprint density at radius 2 is 1.48 bits per heavy atom. The van der Waals surface area contributed by atoms with Crippen LogP contribution in [0.4, 0.5) is 0 Å². The maximum absolute atomic E-state index is 12.5. The molecule has 0 bridgehead atoms. The Morgan fingerprint density at radius 1 is 0.963 bits per heavy atom. The second-order valence-electron chi connectivity index (χ2n) is 6.37. The molecular formula is C21H22O6. The Bertz CT molecular complexity index is 794. The van der Waals surface area contributed by atoms with Gasteiger partial charge in [0.25, 0.3) is 0 Å². The molecule has 0 fully saturated rings. The lowest BCUT2D eigenvalue weighted by Crippen LogP contribution is -2.39. The van der Waals surface area contributed by atoms with Crippen LogP contribution in [-0.4, -0.2) is 40.5 Å². The summed E-state index contributed by atoms with van der Waals surface area (Å²) in [6.45, 7) is 3.72. The van der Waals surface area contributed by atoms with Crippen LogP contribution in [0.15, 0.2) is 48.5 Å². The van der Waals surface area contributed by atoms with Gasteiger partial charge in [-0.25, -0.2) is 4.79 Å². The van der Waals surface area contributed by atoms with Crippen molar-refractivity contribution in [2.24, 2.45) is 0 Å². The molecule has 0 aliphatic carbocycles. The first kappa shape index (κ1) is 20.5. The van der Waals surface area contributed by atoms with Gasteiger partial charge in [-0.3, -0.25) is 4.79 Å². The zero-order valence-electron chi connectivity index (χ0n) is 15.2. The highest BCUT2D eigenvalue weighted by Crippen LogP contribution is 2.20. The van der Waals surface area contributed by atoms with Crippen molar-refractivity contribution in [3.8, 4) is 0 Å². The molecule has 3 atom stereocenters. The fourth-order valence-corrected chi connectivity index (χ4v) is 2.49. The van der Waals surface area contributed by atoms with Crippen LogP contribution >= 0.6 is 0 Å². The molecule has 2 unspecified atom stereocenters. The molecular weight excluding hydrogens is 348 g/mol. The van der Waals surface area contributed by atoms with Gasteiger partial charge in [0.1, 0.15) is 18.5 Å². The summed E-state index contributed by atoms with van der Waals surface area (Å²) in [6, 6.07) is 13.1. The molecule has 2 aromatic carbocycles. The molecule has 0 aliphatic heterocycles. The molecule has 0 spiro atoms. The zero-order valence-corrected chi connectivity index (χ0v) is 15.2. The van der Waals surface area contributed by atoms with Crippen molar-refractivity contribution in [3.63, 3.8) is 0 Å². The molecule has 6 nitrogen and oxygen atoms in total. The van der Waals surface area contributed by atoms with Crippen LogP contribution in [0.1, 0.15) is 39.6 Å². The number of hydrogen-bond acceptors (Lipinski definition) is 6. The standard InChI is InChI=1S/C21H22O6/c1-13-3-7-15(8-4-13)18(23)20(25)19(24)17(11-12-22)27-21(26)16-9-5-14(2)6-10-16/h3-10,12,17-18,20,23,25H,11H2,1-2H3/t17-,18?,20?/m1/s1. The molecule has 2 aromatic rings. The highest BCUT2D eigenvalue weighted by atomic mass is 16.5. The molecule has 0 saturated carbocycles. The first-order valence-electron chi connectivity index (χ1n) is 8.51. The van der Waals surface area contributed by atoms with E-state index in [0.717, 1.165) is 11.1 Å². The highest BCUT2D eigenvalue weighted by molar-refractivity contribution is 5.95. The quantitative estimate of drug-likeness (QED) is 0.545. The minimum Gasteiger partial charge on any atom is -0.450 e. The van der Waals surface area contributed by atoms with Gasteiger partial charge in [-0.2, -0.15) is 0 Å². The summed E-state index contributed by atoms with van der Waals surface area (Å²) in [5.41, 5.74) is 2.47. The topological polar surface area (TPSA) is 101 Å². The van der Waals surface area contributed by atoms with E-state index in [0.29, 0.717) is 11.8 Å². The molecule has 142 valence electrons. The van der Waals surface area contributed by atoms with Gasteiger partial charge in [0.15, 0.2) is 6.10 Å². The minimum absolute atomic E-state index is 0.220. The van der Waals surface area contributed by atoms with Crippen LogP contribution in [0.2, 0.25) is 0 Å². The maximum Gasteiger partial charge on any atom is 0.338 e. The number of hydrogen-bond donors (Lipinski definition) is 2. The second-order valence-corrected chi connectivity index (χ2v) is 6.37. The van der Waals surface area contributed by atoms with E-state index in [2.05, 4.69) is 0 Å². The predicted molar refractivity (Wildman–Crippen MR) is 98.2 cm³/mol. The smallest absolute Gasteiger partial charge is 0.338 e. The third kappa shape index (κ3) is 5.32. The molecule has 2 N–H and O–H groups in total. The number of aldehydes is 1. The van der Waals surface area contributed by atoms with Crippen LogP contribution in [-0.2, 0) is 14.3 Å². The van der Waals surface area contributed by atoms with Crippen molar-refractivity contribution in [2.45, 2.75) is 38.6 Å². The highest BCUT2D eigenvalue weighted by Gasteiger charge is 2.34. The molecule has 0 heterocycles. The van der Waals surface area contributed by atoms with Crippen LogP contribution < -0.4 is 0 Å². The van der Waals surface area contributed by atoms with Gasteiger partial charge < -0.3 is 19.7 Å². The average Bonchev–Trinajstić information content (AvgIpc) is 2.67. The SMILES string of the molecule is Cc1ccc(C(=O)O[C@H](CC=O)C(=O)C(O)C(O)c2ccc(C)cc2)cc1. The summed E-state index contributed by atoms with van der Waals surface area (Å²) in [7, 11) is 0. The average molecular weight is 370 g/mol.